The van der Waals surface area contributed by atoms with E-state index in [1.165, 1.54) is 10.4 Å². The second-order valence-electron chi connectivity index (χ2n) is 4.67. The van der Waals surface area contributed by atoms with E-state index in [2.05, 4.69) is 21.3 Å². The van der Waals surface area contributed by atoms with Gasteiger partial charge in [0, 0.05) is 24.2 Å². The quantitative estimate of drug-likeness (QED) is 0.902. The smallest absolute Gasteiger partial charge is 0.128 e. The molecule has 1 aliphatic heterocycles. The van der Waals surface area contributed by atoms with E-state index in [-0.39, 0.29) is 0 Å². The molecule has 0 fully saturated rings. The molecular weight excluding hydrogens is 244 g/mol. The van der Waals surface area contributed by atoms with Crippen molar-refractivity contribution in [3.8, 4) is 0 Å². The molecule has 0 amide bonds. The Bertz CT molecular complexity index is 533. The molecule has 94 valence electrons. The van der Waals surface area contributed by atoms with Gasteiger partial charge in [-0.1, -0.05) is 6.07 Å². The van der Waals surface area contributed by atoms with Crippen molar-refractivity contribution in [3.05, 3.63) is 45.8 Å². The van der Waals surface area contributed by atoms with E-state index in [4.69, 9.17) is 0 Å². The molecule has 1 N–H and O–H groups in total. The summed E-state index contributed by atoms with van der Waals surface area (Å²) < 4.78 is 0. The van der Waals surface area contributed by atoms with E-state index in [1.807, 2.05) is 23.5 Å². The van der Waals surface area contributed by atoms with E-state index in [0.29, 0.717) is 0 Å². The van der Waals surface area contributed by atoms with E-state index in [9.17, 15) is 5.11 Å². The molecule has 0 bridgehead atoms. The molecule has 4 heteroatoms. The minimum atomic E-state index is -0.448. The fourth-order valence-corrected chi connectivity index (χ4v) is 3.17. The number of aliphatic hydroxyl groups is 1. The van der Waals surface area contributed by atoms with Crippen LogP contribution in [0.4, 0.5) is 5.82 Å². The molecule has 0 aliphatic carbocycles. The Kier molecular flexibility index (Phi) is 3.06. The summed E-state index contributed by atoms with van der Waals surface area (Å²) in [5.74, 6) is 0.997. The number of nitrogens with zero attached hydrogens (tertiary/aromatic N) is 2. The topological polar surface area (TPSA) is 36.4 Å². The summed E-state index contributed by atoms with van der Waals surface area (Å²) in [6.07, 6.45) is 2.42. The molecule has 0 saturated heterocycles. The van der Waals surface area contributed by atoms with Crippen molar-refractivity contribution in [1.82, 2.24) is 4.98 Å². The number of pyridine rings is 1. The van der Waals surface area contributed by atoms with Crippen molar-refractivity contribution in [2.24, 2.45) is 0 Å². The molecule has 3 heterocycles. The molecule has 0 spiro atoms. The highest BCUT2D eigenvalue weighted by molar-refractivity contribution is 7.10. The highest BCUT2D eigenvalue weighted by atomic mass is 32.1. The Morgan fingerprint density at radius 3 is 3.00 bits per heavy atom. The summed E-state index contributed by atoms with van der Waals surface area (Å²) in [6, 6.07) is 6.16. The van der Waals surface area contributed by atoms with Gasteiger partial charge in [-0.05, 0) is 42.0 Å². The molecule has 2 aromatic rings. The van der Waals surface area contributed by atoms with Crippen LogP contribution < -0.4 is 4.90 Å². The third-order valence-corrected chi connectivity index (χ3v) is 4.41. The molecule has 1 aliphatic rings. The minimum absolute atomic E-state index is 0.448. The van der Waals surface area contributed by atoms with E-state index < -0.39 is 6.10 Å². The fraction of sp³-hybridized carbons (Fsp3) is 0.357. The van der Waals surface area contributed by atoms with Gasteiger partial charge in [-0.15, -0.1) is 11.3 Å². The Balaban J connectivity index is 1.80. The lowest BCUT2D eigenvalue weighted by Gasteiger charge is -2.28. The number of fused-ring (bicyclic) bond motifs is 1. The first kappa shape index (κ1) is 11.7. The Morgan fingerprint density at radius 2 is 2.28 bits per heavy atom. The van der Waals surface area contributed by atoms with Gasteiger partial charge in [-0.2, -0.15) is 0 Å². The SMILES string of the molecule is CC(O)c1ccc(N2CCc3sccc3C2)nc1. The zero-order chi connectivity index (χ0) is 12.5. The van der Waals surface area contributed by atoms with Crippen LogP contribution in [-0.2, 0) is 13.0 Å². The van der Waals surface area contributed by atoms with Crippen LogP contribution in [0.1, 0.15) is 29.0 Å². The highest BCUT2D eigenvalue weighted by Crippen LogP contribution is 2.27. The van der Waals surface area contributed by atoms with E-state index >= 15 is 0 Å². The standard InChI is InChI=1S/C14H16N2OS/c1-10(17)11-2-3-14(15-8-11)16-6-4-13-12(9-16)5-7-18-13/h2-3,5,7-8,10,17H,4,6,9H2,1H3. The number of hydrogen-bond acceptors (Lipinski definition) is 4. The molecule has 3 rings (SSSR count). The van der Waals surface area contributed by atoms with Crippen molar-refractivity contribution in [1.29, 1.82) is 0 Å². The Hall–Kier alpha value is -1.39. The van der Waals surface area contributed by atoms with Crippen molar-refractivity contribution < 1.29 is 5.11 Å². The summed E-state index contributed by atoms with van der Waals surface area (Å²) in [5.41, 5.74) is 2.29. The van der Waals surface area contributed by atoms with Crippen LogP contribution in [0.2, 0.25) is 0 Å². The predicted octanol–water partition coefficient (Wildman–Crippen LogP) is 2.76. The molecule has 0 saturated carbocycles. The average molecular weight is 260 g/mol. The van der Waals surface area contributed by atoms with Crippen LogP contribution in [0.15, 0.2) is 29.8 Å². The summed E-state index contributed by atoms with van der Waals surface area (Å²) in [5, 5.41) is 11.6. The first-order chi connectivity index (χ1) is 8.74. The Morgan fingerprint density at radius 1 is 1.39 bits per heavy atom. The minimum Gasteiger partial charge on any atom is -0.389 e. The molecule has 3 nitrogen and oxygen atoms in total. The van der Waals surface area contributed by atoms with Crippen LogP contribution >= 0.6 is 11.3 Å². The lowest BCUT2D eigenvalue weighted by molar-refractivity contribution is 0.199. The maximum absolute atomic E-state index is 9.48. The van der Waals surface area contributed by atoms with Crippen LogP contribution in [0.25, 0.3) is 0 Å². The largest absolute Gasteiger partial charge is 0.389 e. The summed E-state index contributed by atoms with van der Waals surface area (Å²) in [4.78, 5) is 8.25. The number of aliphatic hydroxyl groups excluding tert-OH is 1. The maximum Gasteiger partial charge on any atom is 0.128 e. The second-order valence-corrected chi connectivity index (χ2v) is 5.67. The van der Waals surface area contributed by atoms with Gasteiger partial charge < -0.3 is 10.0 Å². The van der Waals surface area contributed by atoms with Crippen LogP contribution in [-0.4, -0.2) is 16.6 Å². The number of hydrogen-bond donors (Lipinski definition) is 1. The normalized spacial score (nSPS) is 16.4. The maximum atomic E-state index is 9.48. The van der Waals surface area contributed by atoms with Crippen molar-refractivity contribution in [3.63, 3.8) is 0 Å². The lowest BCUT2D eigenvalue weighted by Crippen LogP contribution is -2.30. The Labute approximate surface area is 111 Å². The number of anilines is 1. The first-order valence-electron chi connectivity index (χ1n) is 6.18. The van der Waals surface area contributed by atoms with Gasteiger partial charge in [0.05, 0.1) is 6.10 Å². The van der Waals surface area contributed by atoms with Gasteiger partial charge in [0.1, 0.15) is 5.82 Å². The molecule has 18 heavy (non-hydrogen) atoms. The van der Waals surface area contributed by atoms with Crippen LogP contribution in [0.5, 0.6) is 0 Å². The lowest BCUT2D eigenvalue weighted by atomic mass is 10.1. The summed E-state index contributed by atoms with van der Waals surface area (Å²) in [7, 11) is 0. The summed E-state index contributed by atoms with van der Waals surface area (Å²) >= 11 is 1.85. The zero-order valence-corrected chi connectivity index (χ0v) is 11.2. The zero-order valence-electron chi connectivity index (χ0n) is 10.3. The van der Waals surface area contributed by atoms with E-state index in [1.54, 1.807) is 13.1 Å². The van der Waals surface area contributed by atoms with Gasteiger partial charge in [-0.3, -0.25) is 0 Å². The monoisotopic (exact) mass is 260 g/mol. The van der Waals surface area contributed by atoms with Crippen molar-refractivity contribution in [2.45, 2.75) is 26.0 Å². The fourth-order valence-electron chi connectivity index (χ4n) is 2.28. The number of aromatic nitrogens is 1. The third-order valence-electron chi connectivity index (χ3n) is 3.38. The molecule has 0 aromatic carbocycles. The molecule has 1 atom stereocenters. The molecular formula is C14H16N2OS. The number of rotatable bonds is 2. The van der Waals surface area contributed by atoms with Crippen LogP contribution in [0, 0.1) is 0 Å². The van der Waals surface area contributed by atoms with Gasteiger partial charge in [-0.25, -0.2) is 4.98 Å². The average Bonchev–Trinajstić information content (AvgIpc) is 2.86. The van der Waals surface area contributed by atoms with Crippen molar-refractivity contribution >= 4 is 17.2 Å². The van der Waals surface area contributed by atoms with Crippen LogP contribution in [0.3, 0.4) is 0 Å². The van der Waals surface area contributed by atoms with E-state index in [0.717, 1.165) is 30.9 Å². The summed E-state index contributed by atoms with van der Waals surface area (Å²) in [6.45, 7) is 3.73. The highest BCUT2D eigenvalue weighted by Gasteiger charge is 2.18. The molecule has 2 aromatic heterocycles. The molecule has 1 unspecified atom stereocenters. The van der Waals surface area contributed by atoms with Crippen molar-refractivity contribution in [2.75, 3.05) is 11.4 Å². The first-order valence-corrected chi connectivity index (χ1v) is 7.06. The van der Waals surface area contributed by atoms with Gasteiger partial charge in [0.25, 0.3) is 0 Å². The third kappa shape index (κ3) is 2.13. The second kappa shape index (κ2) is 4.71. The van der Waals surface area contributed by atoms with Gasteiger partial charge >= 0.3 is 0 Å². The van der Waals surface area contributed by atoms with Gasteiger partial charge in [0.2, 0.25) is 0 Å². The number of thiophene rings is 1. The predicted molar refractivity (Wildman–Crippen MR) is 73.9 cm³/mol. The molecule has 0 radical (unpaired) electrons. The van der Waals surface area contributed by atoms with Gasteiger partial charge in [0.15, 0.2) is 0 Å².